The molecule has 1 aromatic rings. The lowest BCUT2D eigenvalue weighted by Gasteiger charge is -2.19. The molecule has 0 fully saturated rings. The zero-order valence-corrected chi connectivity index (χ0v) is 11.8. The Balaban J connectivity index is 2.33. The van der Waals surface area contributed by atoms with E-state index in [0.29, 0.717) is 0 Å². The van der Waals surface area contributed by atoms with Crippen LogP contribution in [0.2, 0.25) is 0 Å². The Morgan fingerprint density at radius 1 is 1.47 bits per heavy atom. The molecule has 0 spiro atoms. The number of nitrogens with zero attached hydrogens (tertiary/aromatic N) is 1. The van der Waals surface area contributed by atoms with Crippen molar-refractivity contribution in [3.63, 3.8) is 0 Å². The number of nitrogens with one attached hydrogen (secondary N) is 1. The largest absolute Gasteiger partial charge is 0.316 e. The van der Waals surface area contributed by atoms with Gasteiger partial charge in [-0.2, -0.15) is 0 Å². The normalized spacial score (nSPS) is 11.2. The number of hydrogen-bond acceptors (Lipinski definition) is 3. The summed E-state index contributed by atoms with van der Waals surface area (Å²) in [6.45, 7) is 9.80. The number of halogens is 1. The predicted octanol–water partition coefficient (Wildman–Crippen LogP) is 2.94. The van der Waals surface area contributed by atoms with E-state index in [4.69, 9.17) is 0 Å². The third kappa shape index (κ3) is 5.11. The summed E-state index contributed by atoms with van der Waals surface area (Å²) in [5.41, 5.74) is 0. The van der Waals surface area contributed by atoms with E-state index >= 15 is 0 Å². The van der Waals surface area contributed by atoms with Crippen LogP contribution >= 0.6 is 27.3 Å². The van der Waals surface area contributed by atoms with Gasteiger partial charge in [-0.1, -0.05) is 13.8 Å². The van der Waals surface area contributed by atoms with Crippen LogP contribution in [0.5, 0.6) is 0 Å². The second-order valence-electron chi connectivity index (χ2n) is 3.45. The van der Waals surface area contributed by atoms with Crippen LogP contribution in [0.3, 0.4) is 0 Å². The first-order chi connectivity index (χ1) is 7.26. The van der Waals surface area contributed by atoms with Gasteiger partial charge < -0.3 is 5.32 Å². The molecule has 1 aromatic heterocycles. The molecule has 0 unspecified atom stereocenters. The summed E-state index contributed by atoms with van der Waals surface area (Å²) >= 11 is 5.31. The molecule has 1 heterocycles. The molecule has 0 aliphatic carbocycles. The van der Waals surface area contributed by atoms with Crippen LogP contribution in [-0.4, -0.2) is 31.1 Å². The van der Waals surface area contributed by atoms with Crippen LogP contribution in [0.15, 0.2) is 15.9 Å². The lowest BCUT2D eigenvalue weighted by atomic mass is 10.4. The fraction of sp³-hybridized carbons (Fsp3) is 0.636. The van der Waals surface area contributed by atoms with Crippen LogP contribution in [-0.2, 0) is 6.54 Å². The van der Waals surface area contributed by atoms with Crippen LogP contribution in [0.25, 0.3) is 0 Å². The van der Waals surface area contributed by atoms with Crippen LogP contribution in [0.4, 0.5) is 0 Å². The highest BCUT2D eigenvalue weighted by Gasteiger charge is 2.04. The zero-order chi connectivity index (χ0) is 11.1. The molecule has 0 radical (unpaired) electrons. The van der Waals surface area contributed by atoms with Crippen molar-refractivity contribution in [2.75, 3.05) is 26.2 Å². The fourth-order valence-electron chi connectivity index (χ4n) is 1.42. The van der Waals surface area contributed by atoms with Crippen molar-refractivity contribution >= 4 is 27.3 Å². The first kappa shape index (κ1) is 13.2. The predicted molar refractivity (Wildman–Crippen MR) is 71.5 cm³/mol. The standard InChI is InChI=1S/C11H19BrN2S/c1-3-13-5-6-14(4-2)8-11-7-10(12)9-15-11/h7,9,13H,3-6,8H2,1-2H3. The summed E-state index contributed by atoms with van der Waals surface area (Å²) in [7, 11) is 0. The van der Waals surface area contributed by atoms with Crippen molar-refractivity contribution in [2.24, 2.45) is 0 Å². The quantitative estimate of drug-likeness (QED) is 0.777. The molecule has 15 heavy (non-hydrogen) atoms. The molecule has 0 amide bonds. The molecule has 1 N–H and O–H groups in total. The van der Waals surface area contributed by atoms with E-state index in [1.807, 2.05) is 11.3 Å². The summed E-state index contributed by atoms with van der Waals surface area (Å²) in [4.78, 5) is 3.89. The Labute approximate surface area is 105 Å². The number of rotatable bonds is 7. The fourth-order valence-corrected chi connectivity index (χ4v) is 2.91. The summed E-state index contributed by atoms with van der Waals surface area (Å²) in [5, 5.41) is 5.50. The average Bonchev–Trinajstić information content (AvgIpc) is 2.63. The van der Waals surface area contributed by atoms with Gasteiger partial charge in [-0.05, 0) is 35.1 Å². The van der Waals surface area contributed by atoms with Crippen molar-refractivity contribution in [3.05, 3.63) is 20.8 Å². The van der Waals surface area contributed by atoms with Gasteiger partial charge in [0.2, 0.25) is 0 Å². The molecule has 0 aromatic carbocycles. The van der Waals surface area contributed by atoms with E-state index in [1.165, 1.54) is 9.35 Å². The van der Waals surface area contributed by atoms with Gasteiger partial charge in [0.1, 0.15) is 0 Å². The second-order valence-corrected chi connectivity index (χ2v) is 5.37. The molecule has 0 bridgehead atoms. The highest BCUT2D eigenvalue weighted by atomic mass is 79.9. The first-order valence-corrected chi connectivity index (χ1v) is 7.09. The van der Waals surface area contributed by atoms with Gasteiger partial charge >= 0.3 is 0 Å². The Bertz CT molecular complexity index is 275. The van der Waals surface area contributed by atoms with Gasteiger partial charge in [-0.15, -0.1) is 11.3 Å². The molecule has 0 saturated carbocycles. The van der Waals surface area contributed by atoms with E-state index in [-0.39, 0.29) is 0 Å². The lowest BCUT2D eigenvalue weighted by molar-refractivity contribution is 0.282. The van der Waals surface area contributed by atoms with Crippen molar-refractivity contribution in [2.45, 2.75) is 20.4 Å². The van der Waals surface area contributed by atoms with Crippen molar-refractivity contribution in [1.82, 2.24) is 10.2 Å². The SMILES string of the molecule is CCNCCN(CC)Cc1cc(Br)cs1. The van der Waals surface area contributed by atoms with Crippen LogP contribution in [0.1, 0.15) is 18.7 Å². The van der Waals surface area contributed by atoms with Gasteiger partial charge in [0.25, 0.3) is 0 Å². The summed E-state index contributed by atoms with van der Waals surface area (Å²) in [5.74, 6) is 0. The topological polar surface area (TPSA) is 15.3 Å². The monoisotopic (exact) mass is 290 g/mol. The highest BCUT2D eigenvalue weighted by Crippen LogP contribution is 2.20. The van der Waals surface area contributed by atoms with E-state index in [0.717, 1.165) is 32.7 Å². The molecule has 2 nitrogen and oxygen atoms in total. The molecule has 1 rings (SSSR count). The van der Waals surface area contributed by atoms with Crippen molar-refractivity contribution in [1.29, 1.82) is 0 Å². The number of thiophene rings is 1. The van der Waals surface area contributed by atoms with E-state index in [9.17, 15) is 0 Å². The van der Waals surface area contributed by atoms with E-state index in [1.54, 1.807) is 0 Å². The van der Waals surface area contributed by atoms with Crippen LogP contribution in [0, 0.1) is 0 Å². The highest BCUT2D eigenvalue weighted by molar-refractivity contribution is 9.10. The summed E-state index contributed by atoms with van der Waals surface area (Å²) in [6, 6.07) is 2.21. The van der Waals surface area contributed by atoms with E-state index in [2.05, 4.69) is 51.4 Å². The first-order valence-electron chi connectivity index (χ1n) is 5.42. The Hall–Kier alpha value is 0.1000. The molecule has 86 valence electrons. The molecular formula is C11H19BrN2S. The molecule has 0 aliphatic heterocycles. The van der Waals surface area contributed by atoms with Crippen molar-refractivity contribution in [3.8, 4) is 0 Å². The summed E-state index contributed by atoms with van der Waals surface area (Å²) in [6.07, 6.45) is 0. The molecular weight excluding hydrogens is 272 g/mol. The average molecular weight is 291 g/mol. The lowest BCUT2D eigenvalue weighted by Crippen LogP contribution is -2.31. The maximum absolute atomic E-state index is 3.49. The number of hydrogen-bond donors (Lipinski definition) is 1. The molecule has 0 atom stereocenters. The minimum absolute atomic E-state index is 1.06. The minimum atomic E-state index is 1.06. The number of likely N-dealkylation sites (N-methyl/N-ethyl adjacent to an activating group) is 2. The maximum Gasteiger partial charge on any atom is 0.0328 e. The molecule has 4 heteroatoms. The smallest absolute Gasteiger partial charge is 0.0328 e. The third-order valence-electron chi connectivity index (χ3n) is 2.30. The zero-order valence-electron chi connectivity index (χ0n) is 9.42. The van der Waals surface area contributed by atoms with E-state index < -0.39 is 0 Å². The van der Waals surface area contributed by atoms with Crippen LogP contribution < -0.4 is 5.32 Å². The third-order valence-corrected chi connectivity index (χ3v) is 3.99. The Kier molecular flexibility index (Phi) is 6.48. The van der Waals surface area contributed by atoms with Gasteiger partial charge in [0, 0.05) is 34.4 Å². The maximum atomic E-state index is 3.49. The van der Waals surface area contributed by atoms with Crippen molar-refractivity contribution < 1.29 is 0 Å². The Morgan fingerprint density at radius 3 is 2.80 bits per heavy atom. The van der Waals surface area contributed by atoms with Gasteiger partial charge in [-0.3, -0.25) is 4.90 Å². The van der Waals surface area contributed by atoms with Gasteiger partial charge in [0.15, 0.2) is 0 Å². The Morgan fingerprint density at radius 2 is 2.27 bits per heavy atom. The van der Waals surface area contributed by atoms with Gasteiger partial charge in [-0.25, -0.2) is 0 Å². The minimum Gasteiger partial charge on any atom is -0.316 e. The summed E-state index contributed by atoms with van der Waals surface area (Å²) < 4.78 is 1.20. The molecule has 0 aliphatic rings. The second kappa shape index (κ2) is 7.39. The molecule has 0 saturated heterocycles. The van der Waals surface area contributed by atoms with Gasteiger partial charge in [0.05, 0.1) is 0 Å².